The molecule has 0 spiro atoms. The van der Waals surface area contributed by atoms with Crippen LogP contribution in [0.5, 0.6) is 0 Å². The lowest BCUT2D eigenvalue weighted by Gasteiger charge is -2.39. The normalized spacial score (nSPS) is 18.8. The molecule has 2 rings (SSSR count). The lowest BCUT2D eigenvalue weighted by atomic mass is 10.0. The fourth-order valence-corrected chi connectivity index (χ4v) is 2.97. The molecule has 4 nitrogen and oxygen atoms in total. The van der Waals surface area contributed by atoms with Crippen LogP contribution in [0.1, 0.15) is 38.9 Å². The molecule has 0 amide bonds. The average Bonchev–Trinajstić information content (AvgIpc) is 2.45. The first kappa shape index (κ1) is 16.3. The van der Waals surface area contributed by atoms with Crippen molar-refractivity contribution in [1.82, 2.24) is 4.90 Å². The summed E-state index contributed by atoms with van der Waals surface area (Å²) in [6.45, 7) is 10.2. The summed E-state index contributed by atoms with van der Waals surface area (Å²) in [7, 11) is 0. The van der Waals surface area contributed by atoms with Crippen molar-refractivity contribution in [1.29, 1.82) is 0 Å². The van der Waals surface area contributed by atoms with E-state index in [2.05, 4.69) is 15.9 Å². The highest BCUT2D eigenvalue weighted by atomic mass is 16.3. The standard InChI is InChI=1S/C17H28N2O2/c1-4-16(20)14-7-5-6-8-15(14)19-11-9-18(10-12-19)13-17(2,3)21/h5-8,16,20-21H,4,9-13H2,1-3H3/t16-/m0/s1. The van der Waals surface area contributed by atoms with Gasteiger partial charge in [0, 0.05) is 44.0 Å². The number of β-amino-alcohol motifs (C(OH)–C–C–N with tert-alkyl or cyclic N) is 1. The second kappa shape index (κ2) is 6.77. The van der Waals surface area contributed by atoms with Gasteiger partial charge in [-0.05, 0) is 26.3 Å². The predicted molar refractivity (Wildman–Crippen MR) is 86.6 cm³/mol. The van der Waals surface area contributed by atoms with Gasteiger partial charge in [-0.15, -0.1) is 0 Å². The quantitative estimate of drug-likeness (QED) is 0.872. The average molecular weight is 292 g/mol. The number of hydrogen-bond acceptors (Lipinski definition) is 4. The Balaban J connectivity index is 2.03. The summed E-state index contributed by atoms with van der Waals surface area (Å²) in [5, 5.41) is 20.1. The molecule has 1 heterocycles. The Labute approximate surface area is 128 Å². The first-order valence-corrected chi connectivity index (χ1v) is 7.87. The van der Waals surface area contributed by atoms with Crippen molar-refractivity contribution >= 4 is 5.69 Å². The highest BCUT2D eigenvalue weighted by Gasteiger charge is 2.24. The summed E-state index contributed by atoms with van der Waals surface area (Å²) in [5.74, 6) is 0. The van der Waals surface area contributed by atoms with E-state index in [4.69, 9.17) is 0 Å². The van der Waals surface area contributed by atoms with E-state index in [0.29, 0.717) is 6.54 Å². The van der Waals surface area contributed by atoms with Crippen LogP contribution in [0, 0.1) is 0 Å². The fourth-order valence-electron chi connectivity index (χ4n) is 2.97. The van der Waals surface area contributed by atoms with Crippen LogP contribution in [0.25, 0.3) is 0 Å². The van der Waals surface area contributed by atoms with Crippen molar-refractivity contribution in [2.24, 2.45) is 0 Å². The van der Waals surface area contributed by atoms with Crippen molar-refractivity contribution in [2.45, 2.75) is 38.9 Å². The molecule has 0 bridgehead atoms. The molecule has 0 unspecified atom stereocenters. The lowest BCUT2D eigenvalue weighted by molar-refractivity contribution is 0.0345. The molecule has 1 saturated heterocycles. The third-order valence-electron chi connectivity index (χ3n) is 4.01. The van der Waals surface area contributed by atoms with Gasteiger partial charge in [0.2, 0.25) is 0 Å². The maximum Gasteiger partial charge on any atom is 0.0807 e. The van der Waals surface area contributed by atoms with E-state index in [0.717, 1.165) is 43.9 Å². The van der Waals surface area contributed by atoms with Gasteiger partial charge in [-0.1, -0.05) is 25.1 Å². The molecule has 1 fully saturated rings. The summed E-state index contributed by atoms with van der Waals surface area (Å²) in [6, 6.07) is 8.14. The summed E-state index contributed by atoms with van der Waals surface area (Å²) in [5.41, 5.74) is 1.53. The Bertz CT molecular complexity index is 448. The Hall–Kier alpha value is -1.10. The van der Waals surface area contributed by atoms with Gasteiger partial charge >= 0.3 is 0 Å². The molecule has 21 heavy (non-hydrogen) atoms. The molecule has 1 aromatic carbocycles. The van der Waals surface area contributed by atoms with Gasteiger partial charge in [0.15, 0.2) is 0 Å². The number of anilines is 1. The van der Waals surface area contributed by atoms with Crippen molar-refractivity contribution in [3.8, 4) is 0 Å². The van der Waals surface area contributed by atoms with Gasteiger partial charge < -0.3 is 15.1 Å². The van der Waals surface area contributed by atoms with Crippen LogP contribution in [0.2, 0.25) is 0 Å². The van der Waals surface area contributed by atoms with Crippen LogP contribution in [-0.2, 0) is 0 Å². The van der Waals surface area contributed by atoms with E-state index in [1.807, 2.05) is 39.0 Å². The van der Waals surface area contributed by atoms with Crippen LogP contribution in [0.4, 0.5) is 5.69 Å². The monoisotopic (exact) mass is 292 g/mol. The minimum absolute atomic E-state index is 0.393. The first-order valence-electron chi connectivity index (χ1n) is 7.87. The third-order valence-corrected chi connectivity index (χ3v) is 4.01. The van der Waals surface area contributed by atoms with Crippen molar-refractivity contribution < 1.29 is 10.2 Å². The highest BCUT2D eigenvalue weighted by molar-refractivity contribution is 5.55. The maximum absolute atomic E-state index is 10.2. The van der Waals surface area contributed by atoms with Gasteiger partial charge in [0.25, 0.3) is 0 Å². The Kier molecular flexibility index (Phi) is 5.25. The zero-order valence-corrected chi connectivity index (χ0v) is 13.4. The van der Waals surface area contributed by atoms with Crippen molar-refractivity contribution in [2.75, 3.05) is 37.6 Å². The second-order valence-corrected chi connectivity index (χ2v) is 6.56. The largest absolute Gasteiger partial charge is 0.389 e. The molecular weight excluding hydrogens is 264 g/mol. The highest BCUT2D eigenvalue weighted by Crippen LogP contribution is 2.28. The zero-order chi connectivity index (χ0) is 15.5. The van der Waals surface area contributed by atoms with E-state index in [9.17, 15) is 10.2 Å². The number of aliphatic hydroxyl groups excluding tert-OH is 1. The Morgan fingerprint density at radius 2 is 1.76 bits per heavy atom. The van der Waals surface area contributed by atoms with Gasteiger partial charge in [0.1, 0.15) is 0 Å². The molecule has 118 valence electrons. The molecule has 1 aliphatic heterocycles. The number of benzene rings is 1. The molecule has 0 radical (unpaired) electrons. The van der Waals surface area contributed by atoms with Crippen molar-refractivity contribution in [3.63, 3.8) is 0 Å². The van der Waals surface area contributed by atoms with Crippen LogP contribution >= 0.6 is 0 Å². The van der Waals surface area contributed by atoms with Crippen LogP contribution in [0.15, 0.2) is 24.3 Å². The van der Waals surface area contributed by atoms with Crippen LogP contribution in [0.3, 0.4) is 0 Å². The topological polar surface area (TPSA) is 46.9 Å². The first-order chi connectivity index (χ1) is 9.90. The number of aliphatic hydroxyl groups is 2. The molecule has 4 heteroatoms. The van der Waals surface area contributed by atoms with Crippen molar-refractivity contribution in [3.05, 3.63) is 29.8 Å². The smallest absolute Gasteiger partial charge is 0.0807 e. The van der Waals surface area contributed by atoms with Crippen LogP contribution < -0.4 is 4.90 Å². The SMILES string of the molecule is CC[C@H](O)c1ccccc1N1CCN(CC(C)(C)O)CC1. The van der Waals surface area contributed by atoms with Gasteiger partial charge in [-0.2, -0.15) is 0 Å². The molecule has 1 aromatic rings. The Morgan fingerprint density at radius 1 is 1.14 bits per heavy atom. The van der Waals surface area contributed by atoms with E-state index in [1.54, 1.807) is 0 Å². The molecule has 0 aliphatic carbocycles. The summed E-state index contributed by atoms with van der Waals surface area (Å²) < 4.78 is 0. The minimum Gasteiger partial charge on any atom is -0.389 e. The van der Waals surface area contributed by atoms with Gasteiger partial charge in [0.05, 0.1) is 11.7 Å². The minimum atomic E-state index is -0.640. The number of hydrogen-bond donors (Lipinski definition) is 2. The fraction of sp³-hybridized carbons (Fsp3) is 0.647. The van der Waals surface area contributed by atoms with E-state index >= 15 is 0 Å². The second-order valence-electron chi connectivity index (χ2n) is 6.56. The maximum atomic E-state index is 10.2. The van der Waals surface area contributed by atoms with Crippen LogP contribution in [-0.4, -0.2) is 53.4 Å². The van der Waals surface area contributed by atoms with E-state index in [-0.39, 0.29) is 0 Å². The predicted octanol–water partition coefficient (Wildman–Crippen LogP) is 2.02. The summed E-state index contributed by atoms with van der Waals surface area (Å²) in [4.78, 5) is 4.64. The number of para-hydroxylation sites is 1. The third kappa shape index (κ3) is 4.43. The molecular formula is C17H28N2O2. The number of rotatable bonds is 5. The van der Waals surface area contributed by atoms with Gasteiger partial charge in [-0.3, -0.25) is 4.90 Å². The summed E-state index contributed by atoms with van der Waals surface area (Å²) in [6.07, 6.45) is 0.339. The lowest BCUT2D eigenvalue weighted by Crippen LogP contribution is -2.50. The Morgan fingerprint density at radius 3 is 2.33 bits per heavy atom. The number of piperazine rings is 1. The van der Waals surface area contributed by atoms with Gasteiger partial charge in [-0.25, -0.2) is 0 Å². The van der Waals surface area contributed by atoms with E-state index in [1.165, 1.54) is 0 Å². The molecule has 1 aliphatic rings. The summed E-state index contributed by atoms with van der Waals surface area (Å²) >= 11 is 0. The molecule has 1 atom stereocenters. The molecule has 2 N–H and O–H groups in total. The molecule has 0 saturated carbocycles. The molecule has 0 aromatic heterocycles. The zero-order valence-electron chi connectivity index (χ0n) is 13.4. The number of nitrogens with zero attached hydrogens (tertiary/aromatic N) is 2. The van der Waals surface area contributed by atoms with E-state index < -0.39 is 11.7 Å².